The van der Waals surface area contributed by atoms with Crippen LogP contribution in [0.4, 0.5) is 0 Å². The van der Waals surface area contributed by atoms with E-state index in [1.54, 1.807) is 5.57 Å². The van der Waals surface area contributed by atoms with Crippen molar-refractivity contribution in [3.05, 3.63) is 58.7 Å². The Labute approximate surface area is 176 Å². The van der Waals surface area contributed by atoms with Crippen molar-refractivity contribution in [1.82, 2.24) is 5.32 Å². The number of rotatable bonds is 9. The lowest BCUT2D eigenvalue weighted by atomic mass is 9.76. The van der Waals surface area contributed by atoms with E-state index in [0.29, 0.717) is 30.1 Å². The summed E-state index contributed by atoms with van der Waals surface area (Å²) in [7, 11) is 0. The zero-order valence-electron chi connectivity index (χ0n) is 18.3. The highest BCUT2D eigenvalue weighted by molar-refractivity contribution is 5.83. The van der Waals surface area contributed by atoms with Crippen molar-refractivity contribution in [1.29, 1.82) is 0 Å². The van der Waals surface area contributed by atoms with Gasteiger partial charge in [-0.15, -0.1) is 0 Å². The predicted octanol–water partition coefficient (Wildman–Crippen LogP) is 6.27. The van der Waals surface area contributed by atoms with Crippen LogP contribution in [0.3, 0.4) is 0 Å². The van der Waals surface area contributed by atoms with E-state index in [1.165, 1.54) is 61.6 Å². The van der Waals surface area contributed by atoms with Crippen LogP contribution in [-0.2, 0) is 11.2 Å². The van der Waals surface area contributed by atoms with Crippen LogP contribution in [0.25, 0.3) is 0 Å². The van der Waals surface area contributed by atoms with E-state index in [2.05, 4.69) is 55.6 Å². The molecule has 1 saturated carbocycles. The number of ketones is 1. The second-order valence-corrected chi connectivity index (χ2v) is 9.52. The molecular formula is C27H37NO. The number of nitrogens with one attached hydrogen (secondary N) is 1. The van der Waals surface area contributed by atoms with Gasteiger partial charge in [0.1, 0.15) is 5.78 Å². The first-order valence-corrected chi connectivity index (χ1v) is 11.9. The maximum absolute atomic E-state index is 12.0. The summed E-state index contributed by atoms with van der Waals surface area (Å²) in [5, 5.41) is 3.51. The zero-order chi connectivity index (χ0) is 20.3. The highest BCUT2D eigenvalue weighted by Gasteiger charge is 2.45. The van der Waals surface area contributed by atoms with Gasteiger partial charge < -0.3 is 5.32 Å². The molecule has 2 nitrogen and oxygen atoms in total. The molecule has 1 aromatic rings. The summed E-state index contributed by atoms with van der Waals surface area (Å²) >= 11 is 0. The van der Waals surface area contributed by atoms with Gasteiger partial charge in [0.15, 0.2) is 0 Å². The van der Waals surface area contributed by atoms with E-state index < -0.39 is 0 Å². The molecule has 1 aliphatic heterocycles. The third kappa shape index (κ3) is 4.58. The lowest BCUT2D eigenvalue weighted by Gasteiger charge is -2.30. The Morgan fingerprint density at radius 3 is 2.41 bits per heavy atom. The molecule has 0 spiro atoms. The van der Waals surface area contributed by atoms with Gasteiger partial charge in [0.25, 0.3) is 0 Å². The zero-order valence-corrected chi connectivity index (χ0v) is 18.3. The van der Waals surface area contributed by atoms with Gasteiger partial charge in [0, 0.05) is 18.4 Å². The van der Waals surface area contributed by atoms with Crippen molar-refractivity contribution in [2.24, 2.45) is 5.41 Å². The van der Waals surface area contributed by atoms with Gasteiger partial charge in [-0.25, -0.2) is 0 Å². The minimum absolute atomic E-state index is 0.246. The molecule has 1 saturated heterocycles. The van der Waals surface area contributed by atoms with Crippen molar-refractivity contribution >= 4 is 5.78 Å². The van der Waals surface area contributed by atoms with Gasteiger partial charge in [-0.1, -0.05) is 74.3 Å². The average molecular weight is 392 g/mol. The summed E-state index contributed by atoms with van der Waals surface area (Å²) in [4.78, 5) is 12.0. The summed E-state index contributed by atoms with van der Waals surface area (Å²) in [5.41, 5.74) is 6.53. The molecule has 1 aromatic carbocycles. The molecule has 2 fully saturated rings. The standard InChI is InChI=1S/C27H37NO/c1-3-5-6-20-7-9-21(10-8-20)26(25-18-24(29)19-28-25)22-11-13-23(14-12-22)27(15-4-2)16-17-27/h7-11,13,25-26,28H,3-6,12,14-19H2,1-2H3. The molecule has 29 heavy (non-hydrogen) atoms. The van der Waals surface area contributed by atoms with Crippen LogP contribution < -0.4 is 5.32 Å². The number of Topliss-reactive ketones (excluding diaryl/α,β-unsaturated/α-hetero) is 1. The van der Waals surface area contributed by atoms with Crippen LogP contribution >= 0.6 is 0 Å². The molecule has 2 aliphatic carbocycles. The van der Waals surface area contributed by atoms with Gasteiger partial charge >= 0.3 is 0 Å². The highest BCUT2D eigenvalue weighted by atomic mass is 16.1. The van der Waals surface area contributed by atoms with Crippen LogP contribution in [-0.4, -0.2) is 18.4 Å². The van der Waals surface area contributed by atoms with E-state index in [9.17, 15) is 4.79 Å². The summed E-state index contributed by atoms with van der Waals surface area (Å²) in [6.07, 6.45) is 16.9. The average Bonchev–Trinajstić information content (AvgIpc) is 3.41. The summed E-state index contributed by atoms with van der Waals surface area (Å²) in [6.45, 7) is 5.09. The van der Waals surface area contributed by atoms with E-state index >= 15 is 0 Å². The number of unbranched alkanes of at least 4 members (excludes halogenated alkanes) is 1. The number of hydrogen-bond donors (Lipinski definition) is 1. The van der Waals surface area contributed by atoms with E-state index in [1.807, 2.05) is 0 Å². The van der Waals surface area contributed by atoms with Crippen LogP contribution in [0, 0.1) is 5.41 Å². The first kappa shape index (κ1) is 20.6. The smallest absolute Gasteiger partial charge is 0.148 e. The second kappa shape index (κ2) is 9.00. The van der Waals surface area contributed by atoms with Crippen molar-refractivity contribution in [2.75, 3.05) is 6.54 Å². The first-order chi connectivity index (χ1) is 14.1. The number of carbonyl (C=O) groups excluding carboxylic acids is 1. The second-order valence-electron chi connectivity index (χ2n) is 9.52. The SMILES string of the molecule is CCCCc1ccc(C(C2=CC=C(C3(CCC)CC3)CC2)C2CC(=O)CN2)cc1. The predicted molar refractivity (Wildman–Crippen MR) is 121 cm³/mol. The largest absolute Gasteiger partial charge is 0.306 e. The minimum Gasteiger partial charge on any atom is -0.306 e. The third-order valence-corrected chi connectivity index (χ3v) is 7.41. The first-order valence-electron chi connectivity index (χ1n) is 11.9. The van der Waals surface area contributed by atoms with Gasteiger partial charge in [0.2, 0.25) is 0 Å². The molecule has 2 atom stereocenters. The normalized spacial score (nSPS) is 24.2. The molecule has 0 bridgehead atoms. The van der Waals surface area contributed by atoms with Crippen LogP contribution in [0.5, 0.6) is 0 Å². The fraction of sp³-hybridized carbons (Fsp3) is 0.593. The summed E-state index contributed by atoms with van der Waals surface area (Å²) < 4.78 is 0. The summed E-state index contributed by atoms with van der Waals surface area (Å²) in [6, 6.07) is 9.50. The Kier molecular flexibility index (Phi) is 6.39. The molecule has 0 radical (unpaired) electrons. The lowest BCUT2D eigenvalue weighted by molar-refractivity contribution is -0.116. The molecule has 2 unspecified atom stereocenters. The lowest BCUT2D eigenvalue weighted by Crippen LogP contribution is -2.30. The number of aryl methyl sites for hydroxylation is 1. The maximum atomic E-state index is 12.0. The van der Waals surface area contributed by atoms with Gasteiger partial charge in [-0.05, 0) is 61.5 Å². The minimum atomic E-state index is 0.246. The fourth-order valence-corrected chi connectivity index (χ4v) is 5.56. The molecule has 1 N–H and O–H groups in total. The number of carbonyl (C=O) groups is 1. The topological polar surface area (TPSA) is 29.1 Å². The number of hydrogen-bond acceptors (Lipinski definition) is 2. The van der Waals surface area contributed by atoms with Crippen molar-refractivity contribution < 1.29 is 4.79 Å². The van der Waals surface area contributed by atoms with Gasteiger partial charge in [-0.2, -0.15) is 0 Å². The molecule has 4 rings (SSSR count). The quantitative estimate of drug-likeness (QED) is 0.537. The Bertz CT molecular complexity index is 781. The van der Waals surface area contributed by atoms with Gasteiger partial charge in [-0.3, -0.25) is 4.79 Å². The monoisotopic (exact) mass is 391 g/mol. The molecule has 2 heteroatoms. The molecule has 3 aliphatic rings. The van der Waals surface area contributed by atoms with Crippen molar-refractivity contribution in [2.45, 2.75) is 90.0 Å². The highest BCUT2D eigenvalue weighted by Crippen LogP contribution is 2.57. The fourth-order valence-electron chi connectivity index (χ4n) is 5.56. The van der Waals surface area contributed by atoms with Crippen LogP contribution in [0.1, 0.15) is 88.7 Å². The van der Waals surface area contributed by atoms with Gasteiger partial charge in [0.05, 0.1) is 6.54 Å². The maximum Gasteiger partial charge on any atom is 0.148 e. The molecule has 0 amide bonds. The molecular weight excluding hydrogens is 354 g/mol. The van der Waals surface area contributed by atoms with E-state index in [0.717, 1.165) is 12.8 Å². The van der Waals surface area contributed by atoms with E-state index in [-0.39, 0.29) is 6.04 Å². The van der Waals surface area contributed by atoms with Crippen LogP contribution in [0.2, 0.25) is 0 Å². The van der Waals surface area contributed by atoms with Crippen molar-refractivity contribution in [3.8, 4) is 0 Å². The number of benzene rings is 1. The third-order valence-electron chi connectivity index (χ3n) is 7.41. The Morgan fingerprint density at radius 1 is 1.07 bits per heavy atom. The number of allylic oxidation sites excluding steroid dienone is 3. The van der Waals surface area contributed by atoms with E-state index in [4.69, 9.17) is 0 Å². The Morgan fingerprint density at radius 2 is 1.86 bits per heavy atom. The van der Waals surface area contributed by atoms with Crippen molar-refractivity contribution in [3.63, 3.8) is 0 Å². The molecule has 1 heterocycles. The Hall–Kier alpha value is -1.67. The van der Waals surface area contributed by atoms with Crippen LogP contribution in [0.15, 0.2) is 47.6 Å². The Balaban J connectivity index is 1.57. The molecule has 0 aromatic heterocycles. The molecule has 156 valence electrons. The summed E-state index contributed by atoms with van der Waals surface area (Å²) in [5.74, 6) is 0.674.